The minimum absolute atomic E-state index is 0.0163. The smallest absolute Gasteiger partial charge is 0.251 e. The van der Waals surface area contributed by atoms with Crippen LogP contribution in [0.5, 0.6) is 0 Å². The maximum Gasteiger partial charge on any atom is 0.251 e. The molecule has 0 unspecified atom stereocenters. The van der Waals surface area contributed by atoms with Crippen molar-refractivity contribution in [3.8, 4) is 0 Å². The van der Waals surface area contributed by atoms with Gasteiger partial charge in [0.2, 0.25) is 10.0 Å². The van der Waals surface area contributed by atoms with Gasteiger partial charge in [0.15, 0.2) is 0 Å². The van der Waals surface area contributed by atoms with E-state index in [1.807, 2.05) is 37.3 Å². The van der Waals surface area contributed by atoms with Crippen molar-refractivity contribution in [2.75, 3.05) is 6.54 Å². The van der Waals surface area contributed by atoms with E-state index in [2.05, 4.69) is 5.32 Å². The summed E-state index contributed by atoms with van der Waals surface area (Å²) in [5, 5.41) is 2.85. The number of carbonyl (C=O) groups excluding carboxylic acids is 1. The minimum Gasteiger partial charge on any atom is -0.348 e. The summed E-state index contributed by atoms with van der Waals surface area (Å²) in [5.74, 6) is -0.218. The highest BCUT2D eigenvalue weighted by molar-refractivity contribution is 7.89. The van der Waals surface area contributed by atoms with Crippen molar-refractivity contribution >= 4 is 15.9 Å². The van der Waals surface area contributed by atoms with E-state index in [-0.39, 0.29) is 16.8 Å². The second kappa shape index (κ2) is 8.01. The van der Waals surface area contributed by atoms with Crippen LogP contribution in [0.4, 0.5) is 0 Å². The van der Waals surface area contributed by atoms with E-state index >= 15 is 0 Å². The summed E-state index contributed by atoms with van der Waals surface area (Å²) in [6, 6.07) is 15.8. The lowest BCUT2D eigenvalue weighted by Gasteiger charge is -2.32. The van der Waals surface area contributed by atoms with Gasteiger partial charge in [0.25, 0.3) is 5.91 Å². The molecule has 1 aliphatic heterocycles. The molecule has 0 spiro atoms. The molecule has 2 aromatic carbocycles. The number of carbonyl (C=O) groups is 1. The van der Waals surface area contributed by atoms with E-state index in [9.17, 15) is 13.2 Å². The molecule has 0 radical (unpaired) electrons. The summed E-state index contributed by atoms with van der Waals surface area (Å²) in [6.07, 6.45) is 2.84. The first-order chi connectivity index (χ1) is 12.5. The molecule has 1 atom stereocenters. The van der Waals surface area contributed by atoms with Gasteiger partial charge < -0.3 is 5.32 Å². The number of amides is 1. The van der Waals surface area contributed by atoms with Gasteiger partial charge >= 0.3 is 0 Å². The minimum atomic E-state index is -3.51. The second-order valence-electron chi connectivity index (χ2n) is 6.65. The Hall–Kier alpha value is -2.18. The highest BCUT2D eigenvalue weighted by atomic mass is 32.2. The lowest BCUT2D eigenvalue weighted by atomic mass is 10.1. The molecular formula is C20H24N2O3S. The van der Waals surface area contributed by atoms with E-state index in [1.54, 1.807) is 16.4 Å². The van der Waals surface area contributed by atoms with Crippen molar-refractivity contribution in [1.82, 2.24) is 9.62 Å². The van der Waals surface area contributed by atoms with Crippen molar-refractivity contribution in [2.45, 2.75) is 43.7 Å². The number of nitrogens with zero attached hydrogens (tertiary/aromatic N) is 1. The largest absolute Gasteiger partial charge is 0.348 e. The van der Waals surface area contributed by atoms with Crippen LogP contribution in [0, 0.1) is 0 Å². The number of piperidine rings is 1. The summed E-state index contributed by atoms with van der Waals surface area (Å²) in [6.45, 7) is 2.94. The molecule has 1 amide bonds. The first-order valence-electron chi connectivity index (χ1n) is 8.92. The number of hydrogen-bond acceptors (Lipinski definition) is 3. The molecule has 0 bridgehead atoms. The van der Waals surface area contributed by atoms with Gasteiger partial charge in [-0.1, -0.05) is 36.8 Å². The lowest BCUT2D eigenvalue weighted by Crippen LogP contribution is -2.41. The maximum absolute atomic E-state index is 12.8. The summed E-state index contributed by atoms with van der Waals surface area (Å²) in [7, 11) is -3.51. The number of hydrogen-bond donors (Lipinski definition) is 1. The molecule has 1 heterocycles. The van der Waals surface area contributed by atoms with E-state index in [4.69, 9.17) is 0 Å². The number of sulfonamides is 1. The Morgan fingerprint density at radius 1 is 1.08 bits per heavy atom. The summed E-state index contributed by atoms with van der Waals surface area (Å²) < 4.78 is 27.2. The van der Waals surface area contributed by atoms with Crippen molar-refractivity contribution < 1.29 is 13.2 Å². The molecule has 5 nitrogen and oxygen atoms in total. The quantitative estimate of drug-likeness (QED) is 0.877. The number of nitrogens with one attached hydrogen (secondary N) is 1. The fourth-order valence-electron chi connectivity index (χ4n) is 3.22. The topological polar surface area (TPSA) is 66.5 Å². The SMILES string of the molecule is C[C@@H]1CCCCN1S(=O)(=O)c1ccc(C(=O)NCc2ccccc2)cc1. The number of benzene rings is 2. The predicted molar refractivity (Wildman–Crippen MR) is 101 cm³/mol. The van der Waals surface area contributed by atoms with Crippen LogP contribution < -0.4 is 5.32 Å². The van der Waals surface area contributed by atoms with E-state index in [0.29, 0.717) is 18.7 Å². The van der Waals surface area contributed by atoms with Gasteiger partial charge in [-0.25, -0.2) is 8.42 Å². The van der Waals surface area contributed by atoms with Crippen LogP contribution >= 0.6 is 0 Å². The molecule has 1 fully saturated rings. The molecule has 138 valence electrons. The standard InChI is InChI=1S/C20H24N2O3S/c1-16-7-5-6-14-22(16)26(24,25)19-12-10-18(11-13-19)20(23)21-15-17-8-3-2-4-9-17/h2-4,8-13,16H,5-7,14-15H2,1H3,(H,21,23)/t16-/m1/s1. The Kier molecular flexibility index (Phi) is 5.74. The average Bonchev–Trinajstić information content (AvgIpc) is 2.67. The van der Waals surface area contributed by atoms with Crippen LogP contribution in [0.1, 0.15) is 42.1 Å². The van der Waals surface area contributed by atoms with Gasteiger partial charge in [0.1, 0.15) is 0 Å². The Balaban J connectivity index is 1.68. The fourth-order valence-corrected chi connectivity index (χ4v) is 4.92. The van der Waals surface area contributed by atoms with Crippen molar-refractivity contribution in [3.63, 3.8) is 0 Å². The van der Waals surface area contributed by atoms with E-state index < -0.39 is 10.0 Å². The van der Waals surface area contributed by atoms with Crippen molar-refractivity contribution in [2.24, 2.45) is 0 Å². The highest BCUT2D eigenvalue weighted by Crippen LogP contribution is 2.25. The second-order valence-corrected chi connectivity index (χ2v) is 8.54. The number of rotatable bonds is 5. The molecule has 0 aromatic heterocycles. The van der Waals surface area contributed by atoms with Gasteiger partial charge in [-0.2, -0.15) is 4.31 Å². The van der Waals surface area contributed by atoms with E-state index in [1.165, 1.54) is 12.1 Å². The molecule has 0 saturated carbocycles. The van der Waals surface area contributed by atoms with Crippen LogP contribution in [0.25, 0.3) is 0 Å². The predicted octanol–water partition coefficient (Wildman–Crippen LogP) is 3.18. The van der Waals surface area contributed by atoms with Gasteiger partial charge in [-0.15, -0.1) is 0 Å². The van der Waals surface area contributed by atoms with Crippen LogP contribution in [-0.2, 0) is 16.6 Å². The first-order valence-corrected chi connectivity index (χ1v) is 10.4. The average molecular weight is 372 g/mol. The van der Waals surface area contributed by atoms with Crippen LogP contribution in [0.3, 0.4) is 0 Å². The molecule has 6 heteroatoms. The van der Waals surface area contributed by atoms with Gasteiger partial charge in [-0.05, 0) is 49.6 Å². The third-order valence-corrected chi connectivity index (χ3v) is 6.79. The highest BCUT2D eigenvalue weighted by Gasteiger charge is 2.30. The Morgan fingerprint density at radius 3 is 2.42 bits per heavy atom. The molecule has 3 rings (SSSR count). The van der Waals surface area contributed by atoms with Crippen LogP contribution in [0.15, 0.2) is 59.5 Å². The van der Waals surface area contributed by atoms with Gasteiger partial charge in [-0.3, -0.25) is 4.79 Å². The Labute approximate surface area is 155 Å². The van der Waals surface area contributed by atoms with Crippen molar-refractivity contribution in [3.05, 3.63) is 65.7 Å². The third kappa shape index (κ3) is 4.14. The molecular weight excluding hydrogens is 348 g/mol. The van der Waals surface area contributed by atoms with Gasteiger partial charge in [0.05, 0.1) is 4.90 Å². The van der Waals surface area contributed by atoms with Crippen LogP contribution in [-0.4, -0.2) is 31.2 Å². The lowest BCUT2D eigenvalue weighted by molar-refractivity contribution is 0.0951. The fraction of sp³-hybridized carbons (Fsp3) is 0.350. The normalized spacial score (nSPS) is 18.4. The summed E-state index contributed by atoms with van der Waals surface area (Å²) in [4.78, 5) is 12.5. The summed E-state index contributed by atoms with van der Waals surface area (Å²) in [5.41, 5.74) is 1.46. The Bertz CT molecular complexity index is 848. The molecule has 1 aliphatic rings. The van der Waals surface area contributed by atoms with Gasteiger partial charge in [0, 0.05) is 24.7 Å². The molecule has 26 heavy (non-hydrogen) atoms. The van der Waals surface area contributed by atoms with E-state index in [0.717, 1.165) is 24.8 Å². The zero-order valence-electron chi connectivity index (χ0n) is 14.9. The van der Waals surface area contributed by atoms with Crippen LogP contribution in [0.2, 0.25) is 0 Å². The van der Waals surface area contributed by atoms with Crippen molar-refractivity contribution in [1.29, 1.82) is 0 Å². The summed E-state index contributed by atoms with van der Waals surface area (Å²) >= 11 is 0. The molecule has 0 aliphatic carbocycles. The maximum atomic E-state index is 12.8. The monoisotopic (exact) mass is 372 g/mol. The molecule has 1 saturated heterocycles. The zero-order chi connectivity index (χ0) is 18.6. The molecule has 1 N–H and O–H groups in total. The molecule has 2 aromatic rings. The first kappa shape index (κ1) is 18.6. The zero-order valence-corrected chi connectivity index (χ0v) is 15.7. The third-order valence-electron chi connectivity index (χ3n) is 4.76. The Morgan fingerprint density at radius 2 is 1.77 bits per heavy atom.